The van der Waals surface area contributed by atoms with Crippen LogP contribution in [0.15, 0.2) is 58.7 Å². The topological polar surface area (TPSA) is 79.0 Å². The van der Waals surface area contributed by atoms with E-state index in [9.17, 15) is 14.4 Å². The summed E-state index contributed by atoms with van der Waals surface area (Å²) in [6, 6.07) is 8.06. The molecule has 1 aromatic rings. The summed E-state index contributed by atoms with van der Waals surface area (Å²) < 4.78 is 5.78. The van der Waals surface area contributed by atoms with E-state index in [2.05, 4.69) is 102 Å². The molecule has 3 saturated carbocycles. The Morgan fingerprint density at radius 2 is 1.60 bits per heavy atom. The van der Waals surface area contributed by atoms with Crippen LogP contribution in [-0.4, -0.2) is 73.3 Å². The van der Waals surface area contributed by atoms with Gasteiger partial charge in [0.25, 0.3) is 0 Å². The van der Waals surface area contributed by atoms with Crippen molar-refractivity contribution in [1.82, 2.24) is 15.1 Å². The first-order valence-corrected chi connectivity index (χ1v) is 24.6. The first kappa shape index (κ1) is 47.2. The van der Waals surface area contributed by atoms with Crippen molar-refractivity contribution < 1.29 is 19.1 Å². The maximum atomic E-state index is 14.9. The molecular weight excluding hydrogens is 790 g/mol. The third kappa shape index (κ3) is 8.36. The van der Waals surface area contributed by atoms with Gasteiger partial charge in [-0.15, -0.1) is 0 Å². The monoisotopic (exact) mass is 870 g/mol. The average Bonchev–Trinajstić information content (AvgIpc) is 3.50. The summed E-state index contributed by atoms with van der Waals surface area (Å²) in [6.07, 6.45) is 15.2. The number of likely N-dealkylation sites (N-methyl/N-ethyl adjacent to an activating group) is 1. The Hall–Kier alpha value is -2.74. The summed E-state index contributed by atoms with van der Waals surface area (Å²) >= 11 is 6.20. The molecular formula is C54H80ClN3O4. The largest absolute Gasteiger partial charge is 0.460 e. The van der Waals surface area contributed by atoms with E-state index in [4.69, 9.17) is 16.3 Å². The molecule has 6 aliphatic rings. The maximum Gasteiger partial charge on any atom is 0.309 e. The first-order valence-electron chi connectivity index (χ1n) is 24.3. The minimum atomic E-state index is -0.753. The number of nitrogens with one attached hydrogen (secondary N) is 1. The molecule has 8 atom stereocenters. The molecule has 0 unspecified atom stereocenters. The number of carbonyl (C=O) groups is 3. The number of halogens is 1. The van der Waals surface area contributed by atoms with Crippen molar-refractivity contribution in [2.45, 2.75) is 152 Å². The van der Waals surface area contributed by atoms with Gasteiger partial charge in [0.05, 0.1) is 11.3 Å². The lowest BCUT2D eigenvalue weighted by molar-refractivity contribution is -0.199. The molecule has 1 amide bonds. The summed E-state index contributed by atoms with van der Waals surface area (Å²) in [4.78, 5) is 46.8. The van der Waals surface area contributed by atoms with Gasteiger partial charge in [-0.05, 0) is 184 Å². The van der Waals surface area contributed by atoms with E-state index in [1.807, 2.05) is 32.9 Å². The molecule has 62 heavy (non-hydrogen) atoms. The van der Waals surface area contributed by atoms with Crippen molar-refractivity contribution in [2.24, 2.45) is 56.7 Å². The quantitative estimate of drug-likeness (QED) is 0.211. The Morgan fingerprint density at radius 3 is 2.23 bits per heavy atom. The van der Waals surface area contributed by atoms with Crippen LogP contribution >= 0.6 is 11.6 Å². The highest BCUT2D eigenvalue weighted by molar-refractivity contribution is 6.30. The Balaban J connectivity index is 1.11. The van der Waals surface area contributed by atoms with E-state index in [1.54, 1.807) is 0 Å². The van der Waals surface area contributed by atoms with Gasteiger partial charge < -0.3 is 15.0 Å². The Labute approximate surface area is 380 Å². The van der Waals surface area contributed by atoms with Gasteiger partial charge in [-0.1, -0.05) is 84.4 Å². The number of carbonyl (C=O) groups excluding carboxylic acids is 3. The molecule has 8 heteroatoms. The van der Waals surface area contributed by atoms with Gasteiger partial charge in [-0.2, -0.15) is 0 Å². The third-order valence-electron chi connectivity index (χ3n) is 17.8. The van der Waals surface area contributed by atoms with Crippen LogP contribution in [0.2, 0.25) is 5.02 Å². The number of fused-ring (bicyclic) bond motifs is 7. The highest BCUT2D eigenvalue weighted by Gasteiger charge is 2.70. The molecule has 0 radical (unpaired) electrons. The lowest BCUT2D eigenvalue weighted by Crippen LogP contribution is -2.64. The maximum absolute atomic E-state index is 14.9. The first-order chi connectivity index (χ1) is 29.0. The van der Waals surface area contributed by atoms with Gasteiger partial charge in [-0.25, -0.2) is 0 Å². The van der Waals surface area contributed by atoms with Gasteiger partial charge in [0.15, 0.2) is 5.78 Å². The molecule has 3 fully saturated rings. The summed E-state index contributed by atoms with van der Waals surface area (Å²) in [6.45, 7) is 26.9. The zero-order chi connectivity index (χ0) is 45.2. The number of hydrogen-bond donors (Lipinski definition) is 1. The second-order valence-electron chi connectivity index (χ2n) is 23.5. The third-order valence-corrected chi connectivity index (χ3v) is 18.1. The fourth-order valence-electron chi connectivity index (χ4n) is 14.7. The van der Waals surface area contributed by atoms with Crippen LogP contribution in [0.4, 0.5) is 0 Å². The zero-order valence-corrected chi connectivity index (χ0v) is 41.3. The van der Waals surface area contributed by atoms with E-state index in [0.717, 1.165) is 88.1 Å². The predicted molar refractivity (Wildman–Crippen MR) is 252 cm³/mol. The Bertz CT molecular complexity index is 1990. The van der Waals surface area contributed by atoms with Crippen LogP contribution < -0.4 is 5.32 Å². The normalized spacial score (nSPS) is 34.3. The van der Waals surface area contributed by atoms with Crippen molar-refractivity contribution in [3.8, 4) is 0 Å². The number of Topliss-reactive ketones (excluding diaryl/α,β-unsaturated/α-hetero) is 1. The van der Waals surface area contributed by atoms with Crippen LogP contribution in [0.25, 0.3) is 0 Å². The van der Waals surface area contributed by atoms with Crippen LogP contribution in [0, 0.1) is 56.7 Å². The van der Waals surface area contributed by atoms with Gasteiger partial charge in [-0.3, -0.25) is 19.3 Å². The summed E-state index contributed by atoms with van der Waals surface area (Å²) in [5.74, 6) is 1.58. The van der Waals surface area contributed by atoms with E-state index >= 15 is 0 Å². The van der Waals surface area contributed by atoms with Crippen molar-refractivity contribution in [2.75, 3.05) is 40.3 Å². The minimum Gasteiger partial charge on any atom is -0.460 e. The van der Waals surface area contributed by atoms with Crippen LogP contribution in [-0.2, 0) is 25.7 Å². The van der Waals surface area contributed by atoms with Crippen LogP contribution in [0.3, 0.4) is 0 Å². The van der Waals surface area contributed by atoms with E-state index in [-0.39, 0.29) is 57.1 Å². The van der Waals surface area contributed by atoms with Crippen molar-refractivity contribution in [3.63, 3.8) is 0 Å². The molecule has 7 rings (SSSR count). The smallest absolute Gasteiger partial charge is 0.309 e. The second kappa shape index (κ2) is 17.2. The number of allylic oxidation sites excluding steroid dienone is 5. The van der Waals surface area contributed by atoms with Gasteiger partial charge >= 0.3 is 5.97 Å². The number of ketones is 1. The van der Waals surface area contributed by atoms with E-state index in [1.165, 1.54) is 35.1 Å². The lowest BCUT2D eigenvalue weighted by Gasteiger charge is -2.71. The lowest BCUT2D eigenvalue weighted by atomic mass is 9.33. The van der Waals surface area contributed by atoms with Crippen molar-refractivity contribution in [1.29, 1.82) is 0 Å². The molecule has 7 nitrogen and oxygen atoms in total. The zero-order valence-electron chi connectivity index (χ0n) is 40.6. The number of benzene rings is 1. The van der Waals surface area contributed by atoms with E-state index in [0.29, 0.717) is 24.8 Å². The molecule has 1 N–H and O–H groups in total. The minimum absolute atomic E-state index is 0.00790. The summed E-state index contributed by atoms with van der Waals surface area (Å²) in [5.41, 5.74) is 5.40. The predicted octanol–water partition coefficient (Wildman–Crippen LogP) is 11.4. The standard InChI is InChI=1S/C54H80ClN3O4/c1-35(2)45-42(59)33-54(48(61)56-29-30-58(32-31-57(11)12)34-36-13-19-39(55)20-14-36)28-27-52(9)41(46(45)54)21-22-44-51(8)25-23-40(50(6,7)43(51)24-26-53(44,52)10)37-15-17-38(18-16-37)47(60)62-49(3,4)5/h13-15,19-20,23,35,38,41,43-44H,16-18,21-22,24-34H2,1-12H3,(H,56,61)/t38-,41-,43-,44+,51+,52-,53-,54-/m1/s1. The highest BCUT2D eigenvalue weighted by atomic mass is 35.5. The van der Waals surface area contributed by atoms with Crippen molar-refractivity contribution >= 4 is 29.3 Å². The summed E-state index contributed by atoms with van der Waals surface area (Å²) in [7, 11) is 4.19. The highest BCUT2D eigenvalue weighted by Crippen LogP contribution is 2.77. The molecule has 0 bridgehead atoms. The number of esters is 1. The van der Waals surface area contributed by atoms with Crippen LogP contribution in [0.1, 0.15) is 145 Å². The summed E-state index contributed by atoms with van der Waals surface area (Å²) in [5, 5.41) is 4.18. The molecule has 0 saturated heterocycles. The van der Waals surface area contributed by atoms with Gasteiger partial charge in [0.1, 0.15) is 5.60 Å². The fourth-order valence-corrected chi connectivity index (χ4v) is 14.8. The molecule has 0 heterocycles. The van der Waals surface area contributed by atoms with Crippen LogP contribution in [0.5, 0.6) is 0 Å². The molecule has 6 aliphatic carbocycles. The average molecular weight is 871 g/mol. The van der Waals surface area contributed by atoms with Gasteiger partial charge in [0, 0.05) is 44.2 Å². The Kier molecular flexibility index (Phi) is 13.1. The number of ether oxygens (including phenoxy) is 1. The molecule has 342 valence electrons. The SMILES string of the molecule is CC(C)C1=C2[C@H]3CC[C@H]4[C@@]5(C)CC=C(C6=CC[C@@H](C(=O)OC(C)(C)C)CC6)C(C)(C)[C@H]5CC[C@@]4(C)[C@]3(C)CC[C@@]2(C(=O)NCCN(CCN(C)C)Cc2ccc(Cl)cc2)CC1=O. The Morgan fingerprint density at radius 1 is 0.887 bits per heavy atom. The molecule has 1 aromatic carbocycles. The number of hydrogen-bond acceptors (Lipinski definition) is 6. The van der Waals surface area contributed by atoms with Gasteiger partial charge in [0.2, 0.25) is 5.91 Å². The van der Waals surface area contributed by atoms with Crippen molar-refractivity contribution in [3.05, 3.63) is 69.3 Å². The molecule has 0 aliphatic heterocycles. The number of nitrogens with zero attached hydrogens (tertiary/aromatic N) is 2. The fraction of sp³-hybridized carbons (Fsp3) is 0.722. The molecule has 0 aromatic heterocycles. The molecule has 0 spiro atoms. The second-order valence-corrected chi connectivity index (χ2v) is 24.0. The van der Waals surface area contributed by atoms with E-state index < -0.39 is 11.0 Å². The number of amides is 1. The number of rotatable bonds is 12.